The summed E-state index contributed by atoms with van der Waals surface area (Å²) in [7, 11) is 0. The molecule has 0 aliphatic carbocycles. The number of halogens is 3. The van der Waals surface area contributed by atoms with Crippen LogP contribution in [0.2, 0.25) is 0 Å². The van der Waals surface area contributed by atoms with E-state index in [0.717, 1.165) is 0 Å². The Labute approximate surface area is 104 Å². The van der Waals surface area contributed by atoms with Crippen molar-refractivity contribution in [3.05, 3.63) is 28.5 Å². The first kappa shape index (κ1) is 11.1. The molecule has 0 saturated carbocycles. The zero-order valence-electron chi connectivity index (χ0n) is 7.71. The normalized spacial score (nSPS) is 21.1. The second-order valence-electron chi connectivity index (χ2n) is 3.34. The third-order valence-electron chi connectivity index (χ3n) is 2.34. The van der Waals surface area contributed by atoms with Crippen molar-refractivity contribution in [2.45, 2.75) is 11.2 Å². The highest BCUT2D eigenvalue weighted by Gasteiger charge is 2.31. The van der Waals surface area contributed by atoms with E-state index in [0.29, 0.717) is 23.1 Å². The Hall–Kier alpha value is -0.420. The molecule has 2 rings (SSSR count). The van der Waals surface area contributed by atoms with Crippen molar-refractivity contribution in [1.82, 2.24) is 0 Å². The van der Waals surface area contributed by atoms with Crippen molar-refractivity contribution < 1.29 is 9.18 Å². The maximum Gasteiger partial charge on any atom is 0.240 e. The van der Waals surface area contributed by atoms with Crippen molar-refractivity contribution in [2.24, 2.45) is 0 Å². The Morgan fingerprint density at radius 2 is 2.20 bits per heavy atom. The highest BCUT2D eigenvalue weighted by atomic mass is 79.9. The number of carbonyl (C=O) groups excluding carboxylic acids is 1. The fourth-order valence-corrected chi connectivity index (χ4v) is 2.37. The van der Waals surface area contributed by atoms with E-state index in [1.807, 2.05) is 0 Å². The molecule has 0 N–H and O–H groups in total. The number of hydrogen-bond donors (Lipinski definition) is 0. The third kappa shape index (κ3) is 2.08. The molecule has 1 atom stereocenters. The Bertz CT molecular complexity index is 410. The number of anilines is 1. The van der Waals surface area contributed by atoms with Gasteiger partial charge in [-0.25, -0.2) is 4.39 Å². The molecule has 1 aliphatic rings. The van der Waals surface area contributed by atoms with Crippen molar-refractivity contribution in [1.29, 1.82) is 0 Å². The lowest BCUT2D eigenvalue weighted by atomic mass is 10.3. The SMILES string of the molecule is O=C1C(Br)CCN1c1ccc(Br)cc1F. The van der Waals surface area contributed by atoms with E-state index in [1.54, 1.807) is 12.1 Å². The van der Waals surface area contributed by atoms with Crippen LogP contribution in [0.15, 0.2) is 22.7 Å². The second kappa shape index (κ2) is 4.22. The topological polar surface area (TPSA) is 20.3 Å². The average molecular weight is 337 g/mol. The fourth-order valence-electron chi connectivity index (χ4n) is 1.58. The molecule has 0 bridgehead atoms. The van der Waals surface area contributed by atoms with E-state index in [4.69, 9.17) is 0 Å². The number of carbonyl (C=O) groups is 1. The maximum absolute atomic E-state index is 13.6. The number of amides is 1. The highest BCUT2D eigenvalue weighted by Crippen LogP contribution is 2.29. The van der Waals surface area contributed by atoms with Crippen LogP contribution < -0.4 is 4.90 Å². The van der Waals surface area contributed by atoms with Gasteiger partial charge in [-0.15, -0.1) is 0 Å². The smallest absolute Gasteiger partial charge is 0.240 e. The van der Waals surface area contributed by atoms with Gasteiger partial charge in [-0.1, -0.05) is 31.9 Å². The quantitative estimate of drug-likeness (QED) is 0.722. The first-order chi connectivity index (χ1) is 7.09. The van der Waals surface area contributed by atoms with Crippen LogP contribution in [0.5, 0.6) is 0 Å². The van der Waals surface area contributed by atoms with Gasteiger partial charge in [0.25, 0.3) is 0 Å². The van der Waals surface area contributed by atoms with Crippen molar-refractivity contribution >= 4 is 43.5 Å². The first-order valence-electron chi connectivity index (χ1n) is 4.50. The Morgan fingerprint density at radius 1 is 1.47 bits per heavy atom. The molecule has 1 aromatic rings. The molecule has 1 aromatic carbocycles. The molecule has 5 heteroatoms. The summed E-state index contributed by atoms with van der Waals surface area (Å²) in [6.07, 6.45) is 0.717. The summed E-state index contributed by atoms with van der Waals surface area (Å²) in [4.78, 5) is 12.9. The summed E-state index contributed by atoms with van der Waals surface area (Å²) in [6, 6.07) is 4.71. The highest BCUT2D eigenvalue weighted by molar-refractivity contribution is 9.10. The molecule has 0 spiro atoms. The molecule has 1 saturated heterocycles. The second-order valence-corrected chi connectivity index (χ2v) is 5.36. The fraction of sp³-hybridized carbons (Fsp3) is 0.300. The van der Waals surface area contributed by atoms with Crippen molar-refractivity contribution in [3.63, 3.8) is 0 Å². The van der Waals surface area contributed by atoms with Crippen LogP contribution in [0.3, 0.4) is 0 Å². The molecular formula is C10H8Br2FNO. The van der Waals surface area contributed by atoms with Crippen molar-refractivity contribution in [3.8, 4) is 0 Å². The van der Waals surface area contributed by atoms with Crippen molar-refractivity contribution in [2.75, 3.05) is 11.4 Å². The monoisotopic (exact) mass is 335 g/mol. The van der Waals surface area contributed by atoms with E-state index in [1.165, 1.54) is 11.0 Å². The Kier molecular flexibility index (Phi) is 3.11. The van der Waals surface area contributed by atoms with Crippen LogP contribution >= 0.6 is 31.9 Å². The predicted octanol–water partition coefficient (Wildman–Crippen LogP) is 3.09. The van der Waals surface area contributed by atoms with Crippen LogP contribution in [0.4, 0.5) is 10.1 Å². The molecular weight excluding hydrogens is 329 g/mol. The Balaban J connectivity index is 2.34. The standard InChI is InChI=1S/C10H8Br2FNO/c11-6-1-2-9(8(13)5-6)14-4-3-7(12)10(14)15/h1-2,5,7H,3-4H2. The van der Waals surface area contributed by atoms with Crippen LogP contribution in [-0.2, 0) is 4.79 Å². The molecule has 1 aliphatic heterocycles. The van der Waals surface area contributed by atoms with E-state index < -0.39 is 0 Å². The summed E-state index contributed by atoms with van der Waals surface area (Å²) >= 11 is 6.44. The Morgan fingerprint density at radius 3 is 2.73 bits per heavy atom. The minimum atomic E-state index is -0.376. The molecule has 2 nitrogen and oxygen atoms in total. The van der Waals surface area contributed by atoms with E-state index in [-0.39, 0.29) is 16.6 Å². The number of rotatable bonds is 1. The lowest BCUT2D eigenvalue weighted by molar-refractivity contribution is -0.116. The van der Waals surface area contributed by atoms with Gasteiger partial charge in [0.1, 0.15) is 5.82 Å². The summed E-state index contributed by atoms with van der Waals surface area (Å²) in [5.41, 5.74) is 0.352. The van der Waals surface area contributed by atoms with Gasteiger partial charge in [0.05, 0.1) is 10.5 Å². The van der Waals surface area contributed by atoms with Gasteiger partial charge in [0.15, 0.2) is 0 Å². The number of nitrogens with zero attached hydrogens (tertiary/aromatic N) is 1. The van der Waals surface area contributed by atoms with Crippen LogP contribution in [0, 0.1) is 5.82 Å². The molecule has 1 fully saturated rings. The van der Waals surface area contributed by atoms with Crippen LogP contribution in [0.25, 0.3) is 0 Å². The van der Waals surface area contributed by atoms with E-state index in [9.17, 15) is 9.18 Å². The molecule has 1 unspecified atom stereocenters. The van der Waals surface area contributed by atoms with Gasteiger partial charge in [0.2, 0.25) is 5.91 Å². The predicted molar refractivity (Wildman–Crippen MR) is 63.8 cm³/mol. The third-order valence-corrected chi connectivity index (χ3v) is 3.68. The molecule has 15 heavy (non-hydrogen) atoms. The van der Waals surface area contributed by atoms with Crippen LogP contribution in [-0.4, -0.2) is 17.3 Å². The number of benzene rings is 1. The van der Waals surface area contributed by atoms with E-state index >= 15 is 0 Å². The minimum Gasteiger partial charge on any atom is -0.309 e. The molecule has 0 aromatic heterocycles. The largest absolute Gasteiger partial charge is 0.309 e. The molecule has 80 valence electrons. The van der Waals surface area contributed by atoms with Gasteiger partial charge in [-0.3, -0.25) is 4.79 Å². The van der Waals surface area contributed by atoms with Gasteiger partial charge in [0, 0.05) is 11.0 Å². The molecule has 1 heterocycles. The summed E-state index contributed by atoms with van der Waals surface area (Å²) in [5.74, 6) is -0.449. The molecule has 0 radical (unpaired) electrons. The lowest BCUT2D eigenvalue weighted by Crippen LogP contribution is -2.27. The van der Waals surface area contributed by atoms with Gasteiger partial charge in [-0.2, -0.15) is 0 Å². The number of hydrogen-bond acceptors (Lipinski definition) is 1. The van der Waals surface area contributed by atoms with Gasteiger partial charge in [-0.05, 0) is 24.6 Å². The summed E-state index contributed by atoms with van der Waals surface area (Å²) < 4.78 is 14.2. The first-order valence-corrected chi connectivity index (χ1v) is 6.21. The zero-order valence-corrected chi connectivity index (χ0v) is 10.9. The molecule has 1 amide bonds. The van der Waals surface area contributed by atoms with Gasteiger partial charge >= 0.3 is 0 Å². The average Bonchev–Trinajstić information content (AvgIpc) is 2.49. The van der Waals surface area contributed by atoms with E-state index in [2.05, 4.69) is 31.9 Å². The summed E-state index contributed by atoms with van der Waals surface area (Å²) in [6.45, 7) is 0.563. The zero-order chi connectivity index (χ0) is 11.0. The summed E-state index contributed by atoms with van der Waals surface area (Å²) in [5, 5.41) is 0. The lowest BCUT2D eigenvalue weighted by Gasteiger charge is -2.16. The van der Waals surface area contributed by atoms with Crippen LogP contribution in [0.1, 0.15) is 6.42 Å². The maximum atomic E-state index is 13.6. The number of alkyl halides is 1. The van der Waals surface area contributed by atoms with Gasteiger partial charge < -0.3 is 4.90 Å². The minimum absolute atomic E-state index is 0.0729.